The lowest BCUT2D eigenvalue weighted by Gasteiger charge is -2.28. The number of anilines is 5. The zero-order valence-electron chi connectivity index (χ0n) is 21.2. The van der Waals surface area contributed by atoms with Crippen molar-refractivity contribution in [1.29, 1.82) is 5.26 Å². The molecule has 0 radical (unpaired) electrons. The van der Waals surface area contributed by atoms with Crippen LogP contribution in [0.5, 0.6) is 0 Å². The number of nitriles is 1. The summed E-state index contributed by atoms with van der Waals surface area (Å²) in [4.78, 5) is 19.3. The van der Waals surface area contributed by atoms with Crippen LogP contribution in [0, 0.1) is 11.3 Å². The smallest absolute Gasteiger partial charge is 0.346 e. The fourth-order valence-electron chi connectivity index (χ4n) is 3.91. The molecule has 1 aromatic heterocycles. The Kier molecular flexibility index (Phi) is 7.61. The van der Waals surface area contributed by atoms with E-state index in [2.05, 4.69) is 87.5 Å². The monoisotopic (exact) mass is 508 g/mol. The molecule has 1 heterocycles. The summed E-state index contributed by atoms with van der Waals surface area (Å²) in [6.07, 6.45) is 1.40. The maximum Gasteiger partial charge on any atom is 0.346 e. The molecule has 0 aliphatic carbocycles. The highest BCUT2D eigenvalue weighted by Gasteiger charge is 2.15. The number of thiophene rings is 1. The molecule has 1 N–H and O–H groups in total. The van der Waals surface area contributed by atoms with Gasteiger partial charge in [0.05, 0.1) is 0 Å². The highest BCUT2D eigenvalue weighted by molar-refractivity contribution is 7.16. The van der Waals surface area contributed by atoms with Crippen LogP contribution in [-0.4, -0.2) is 39.3 Å². The summed E-state index contributed by atoms with van der Waals surface area (Å²) in [6, 6.07) is 30.7. The zero-order chi connectivity index (χ0) is 26.5. The molecule has 0 saturated heterocycles. The van der Waals surface area contributed by atoms with Gasteiger partial charge in [0, 0.05) is 66.4 Å². The lowest BCUT2D eigenvalue weighted by Crippen LogP contribution is -2.14. The SMILES string of the molecule is CN(C)c1cccc(N(c2ccc(-c3ccc(C=C(C#N)C(=O)O)s3)cc2)c2cccc(N(C)C)c2)c1. The molecule has 0 bridgehead atoms. The number of carboxylic acid groups (broad SMARTS) is 1. The van der Waals surface area contributed by atoms with Crippen LogP contribution in [0.4, 0.5) is 28.4 Å². The van der Waals surface area contributed by atoms with E-state index in [4.69, 9.17) is 10.4 Å². The van der Waals surface area contributed by atoms with Crippen LogP contribution < -0.4 is 14.7 Å². The number of carbonyl (C=O) groups is 1. The Labute approximate surface area is 221 Å². The van der Waals surface area contributed by atoms with Crippen LogP contribution in [0.2, 0.25) is 0 Å². The number of carboxylic acids is 1. The molecule has 0 unspecified atom stereocenters. The molecule has 4 rings (SSSR count). The lowest BCUT2D eigenvalue weighted by atomic mass is 10.1. The van der Waals surface area contributed by atoms with Crippen LogP contribution in [0.15, 0.2) is 90.5 Å². The lowest BCUT2D eigenvalue weighted by molar-refractivity contribution is -0.132. The highest BCUT2D eigenvalue weighted by atomic mass is 32.1. The molecule has 0 aliphatic heterocycles. The third-order valence-corrected chi connectivity index (χ3v) is 6.96. The Morgan fingerprint density at radius 3 is 1.81 bits per heavy atom. The van der Waals surface area contributed by atoms with Crippen LogP contribution >= 0.6 is 11.3 Å². The van der Waals surface area contributed by atoms with E-state index >= 15 is 0 Å². The molecule has 0 spiro atoms. The molecule has 4 aromatic rings. The summed E-state index contributed by atoms with van der Waals surface area (Å²) in [5, 5.41) is 18.2. The van der Waals surface area contributed by atoms with Gasteiger partial charge in [0.15, 0.2) is 0 Å². The van der Waals surface area contributed by atoms with Gasteiger partial charge in [-0.1, -0.05) is 24.3 Å². The minimum atomic E-state index is -1.22. The van der Waals surface area contributed by atoms with Gasteiger partial charge in [-0.15, -0.1) is 11.3 Å². The molecule has 186 valence electrons. The Balaban J connectivity index is 1.73. The van der Waals surface area contributed by atoms with E-state index in [0.29, 0.717) is 0 Å². The van der Waals surface area contributed by atoms with Crippen molar-refractivity contribution in [3.63, 3.8) is 0 Å². The first-order chi connectivity index (χ1) is 17.8. The van der Waals surface area contributed by atoms with Gasteiger partial charge in [-0.05, 0) is 72.3 Å². The van der Waals surface area contributed by atoms with E-state index < -0.39 is 5.97 Å². The second-order valence-electron chi connectivity index (χ2n) is 8.89. The number of hydrogen-bond acceptors (Lipinski definition) is 6. The average Bonchev–Trinajstić information content (AvgIpc) is 3.36. The number of nitrogens with zero attached hydrogens (tertiary/aromatic N) is 4. The first kappa shape index (κ1) is 25.5. The van der Waals surface area contributed by atoms with Crippen molar-refractivity contribution in [3.05, 3.63) is 95.4 Å². The van der Waals surface area contributed by atoms with E-state index in [1.807, 2.05) is 40.3 Å². The number of hydrogen-bond donors (Lipinski definition) is 1. The molecular formula is C30H28N4O2S. The van der Waals surface area contributed by atoms with E-state index in [1.54, 1.807) is 6.07 Å². The van der Waals surface area contributed by atoms with Crippen LogP contribution in [0.1, 0.15) is 4.88 Å². The third-order valence-electron chi connectivity index (χ3n) is 5.88. The zero-order valence-corrected chi connectivity index (χ0v) is 22.0. The van der Waals surface area contributed by atoms with Gasteiger partial charge in [-0.25, -0.2) is 4.79 Å². The number of aliphatic carboxylic acids is 1. The molecule has 7 heteroatoms. The Hall–Kier alpha value is -4.54. The third kappa shape index (κ3) is 5.83. The quantitative estimate of drug-likeness (QED) is 0.204. The first-order valence-corrected chi connectivity index (χ1v) is 12.5. The molecule has 0 fully saturated rings. The Morgan fingerprint density at radius 1 is 0.784 bits per heavy atom. The van der Waals surface area contributed by atoms with Gasteiger partial charge in [0.2, 0.25) is 0 Å². The predicted molar refractivity (Wildman–Crippen MR) is 154 cm³/mol. The van der Waals surface area contributed by atoms with E-state index in [0.717, 1.165) is 43.8 Å². The number of rotatable bonds is 8. The van der Waals surface area contributed by atoms with E-state index in [9.17, 15) is 4.79 Å². The van der Waals surface area contributed by atoms with Crippen molar-refractivity contribution in [2.24, 2.45) is 0 Å². The van der Waals surface area contributed by atoms with Crippen molar-refractivity contribution in [2.45, 2.75) is 0 Å². The van der Waals surface area contributed by atoms with E-state index in [-0.39, 0.29) is 5.57 Å². The Bertz CT molecular complexity index is 1430. The topological polar surface area (TPSA) is 70.8 Å². The maximum absolute atomic E-state index is 11.2. The van der Waals surface area contributed by atoms with Crippen LogP contribution in [-0.2, 0) is 4.79 Å². The van der Waals surface area contributed by atoms with Crippen molar-refractivity contribution < 1.29 is 9.90 Å². The standard InChI is InChI=1S/C30H28N4O2S/c1-32(2)24-7-5-9-26(18-24)34(27-10-6-8-25(19-27)33(3)4)23-13-11-21(12-14-23)29-16-15-28(37-29)17-22(20-31)30(35)36/h5-19H,1-4H3,(H,35,36). The molecule has 0 atom stereocenters. The summed E-state index contributed by atoms with van der Waals surface area (Å²) in [5.41, 5.74) is 6.09. The maximum atomic E-state index is 11.2. The second kappa shape index (κ2) is 11.0. The largest absolute Gasteiger partial charge is 0.477 e. The van der Waals surface area contributed by atoms with Gasteiger partial charge < -0.3 is 19.8 Å². The molecule has 0 amide bonds. The number of benzene rings is 3. The molecule has 0 saturated carbocycles. The summed E-state index contributed by atoms with van der Waals surface area (Å²) in [7, 11) is 8.13. The Morgan fingerprint density at radius 2 is 1.32 bits per heavy atom. The molecule has 3 aromatic carbocycles. The summed E-state index contributed by atoms with van der Waals surface area (Å²) < 4.78 is 0. The van der Waals surface area contributed by atoms with Crippen molar-refractivity contribution in [1.82, 2.24) is 0 Å². The van der Waals surface area contributed by atoms with Crippen molar-refractivity contribution in [3.8, 4) is 16.5 Å². The average molecular weight is 509 g/mol. The second-order valence-corrected chi connectivity index (χ2v) is 10.0. The first-order valence-electron chi connectivity index (χ1n) is 11.7. The van der Waals surface area contributed by atoms with Crippen LogP contribution in [0.25, 0.3) is 16.5 Å². The van der Waals surface area contributed by atoms with Crippen molar-refractivity contribution >= 4 is 51.8 Å². The van der Waals surface area contributed by atoms with Gasteiger partial charge in [-0.3, -0.25) is 0 Å². The normalized spacial score (nSPS) is 11.1. The van der Waals surface area contributed by atoms with Crippen LogP contribution in [0.3, 0.4) is 0 Å². The fourth-order valence-corrected chi connectivity index (χ4v) is 4.87. The summed E-state index contributed by atoms with van der Waals surface area (Å²) in [5.74, 6) is -1.22. The minimum absolute atomic E-state index is 0.278. The predicted octanol–water partition coefficient (Wildman–Crippen LogP) is 7.01. The van der Waals surface area contributed by atoms with Gasteiger partial charge in [0.1, 0.15) is 11.6 Å². The van der Waals surface area contributed by atoms with Gasteiger partial charge in [-0.2, -0.15) is 5.26 Å². The van der Waals surface area contributed by atoms with Gasteiger partial charge >= 0.3 is 5.97 Å². The highest BCUT2D eigenvalue weighted by Crippen LogP contribution is 2.39. The summed E-state index contributed by atoms with van der Waals surface area (Å²) >= 11 is 1.45. The summed E-state index contributed by atoms with van der Waals surface area (Å²) in [6.45, 7) is 0. The molecule has 0 aliphatic rings. The molecule has 37 heavy (non-hydrogen) atoms. The minimum Gasteiger partial charge on any atom is -0.477 e. The van der Waals surface area contributed by atoms with Crippen molar-refractivity contribution in [2.75, 3.05) is 42.9 Å². The van der Waals surface area contributed by atoms with E-state index in [1.165, 1.54) is 17.4 Å². The van der Waals surface area contributed by atoms with Gasteiger partial charge in [0.25, 0.3) is 0 Å². The molecule has 6 nitrogen and oxygen atoms in total. The molecular weight excluding hydrogens is 480 g/mol. The fraction of sp³-hybridized carbons (Fsp3) is 0.133.